The molecule has 0 heterocycles. The number of nitrogens with two attached hydrogens (primary N) is 1. The number of nitrogen functional groups attached to an aromatic ring is 1. The molecule has 20 heavy (non-hydrogen) atoms. The maximum atomic E-state index is 13.8. The number of rotatable bonds is 3. The van der Waals surface area contributed by atoms with E-state index in [1.54, 1.807) is 6.07 Å². The molecule has 104 valence electrons. The van der Waals surface area contributed by atoms with Crippen molar-refractivity contribution in [3.63, 3.8) is 0 Å². The van der Waals surface area contributed by atoms with Gasteiger partial charge in [-0.15, -0.1) is 0 Å². The molecule has 2 N–H and O–H groups in total. The van der Waals surface area contributed by atoms with Crippen molar-refractivity contribution >= 4 is 23.4 Å². The summed E-state index contributed by atoms with van der Waals surface area (Å²) in [6.45, 7) is 0. The Hall–Kier alpha value is -2.08. The van der Waals surface area contributed by atoms with E-state index in [2.05, 4.69) is 4.74 Å². The van der Waals surface area contributed by atoms with E-state index in [0.717, 1.165) is 17.8 Å². The quantitative estimate of drug-likeness (QED) is 0.695. The average molecular weight is 295 g/mol. The van der Waals surface area contributed by atoms with Gasteiger partial charge in [0.05, 0.1) is 12.7 Å². The number of benzene rings is 2. The number of hydrogen-bond acceptors (Lipinski definition) is 4. The molecule has 2 aromatic carbocycles. The summed E-state index contributed by atoms with van der Waals surface area (Å²) in [5.41, 5.74) is 5.65. The lowest BCUT2D eigenvalue weighted by atomic mass is 10.2. The summed E-state index contributed by atoms with van der Waals surface area (Å²) in [4.78, 5) is 12.2. The maximum absolute atomic E-state index is 13.8. The van der Waals surface area contributed by atoms with Crippen LogP contribution in [0.4, 0.5) is 14.5 Å². The van der Waals surface area contributed by atoms with Gasteiger partial charge in [-0.2, -0.15) is 0 Å². The predicted molar refractivity (Wildman–Crippen MR) is 72.7 cm³/mol. The number of anilines is 1. The first-order valence-electron chi connectivity index (χ1n) is 5.62. The Morgan fingerprint density at radius 3 is 2.65 bits per heavy atom. The number of halogens is 2. The van der Waals surface area contributed by atoms with Gasteiger partial charge in [-0.1, -0.05) is 17.8 Å². The molecule has 0 aromatic heterocycles. The molecule has 0 saturated heterocycles. The summed E-state index contributed by atoms with van der Waals surface area (Å²) in [6.07, 6.45) is 0. The van der Waals surface area contributed by atoms with Crippen LogP contribution < -0.4 is 5.73 Å². The van der Waals surface area contributed by atoms with Gasteiger partial charge in [-0.25, -0.2) is 13.6 Å². The number of hydrogen-bond donors (Lipinski definition) is 1. The first-order valence-corrected chi connectivity index (χ1v) is 6.43. The highest BCUT2D eigenvalue weighted by Crippen LogP contribution is 2.32. The smallest absolute Gasteiger partial charge is 0.339 e. The van der Waals surface area contributed by atoms with Crippen molar-refractivity contribution in [1.82, 2.24) is 0 Å². The summed E-state index contributed by atoms with van der Waals surface area (Å²) >= 11 is 1.00. The molecule has 0 atom stereocenters. The number of carbonyl (C=O) groups excluding carboxylic acids is 1. The minimum Gasteiger partial charge on any atom is -0.465 e. The molecular weight excluding hydrogens is 284 g/mol. The van der Waals surface area contributed by atoms with Gasteiger partial charge in [0.1, 0.15) is 11.6 Å². The highest BCUT2D eigenvalue weighted by molar-refractivity contribution is 7.99. The van der Waals surface area contributed by atoms with Crippen LogP contribution in [0.2, 0.25) is 0 Å². The molecule has 0 aliphatic rings. The predicted octanol–water partition coefficient (Wildman–Crippen LogP) is 3.48. The molecular formula is C14H11F2NO2S. The van der Waals surface area contributed by atoms with Gasteiger partial charge < -0.3 is 10.5 Å². The highest BCUT2D eigenvalue weighted by atomic mass is 32.2. The Bertz CT molecular complexity index is 662. The van der Waals surface area contributed by atoms with Crippen molar-refractivity contribution in [2.45, 2.75) is 9.79 Å². The lowest BCUT2D eigenvalue weighted by molar-refractivity contribution is 0.0601. The van der Waals surface area contributed by atoms with E-state index in [1.807, 2.05) is 0 Å². The highest BCUT2D eigenvalue weighted by Gasteiger charge is 2.15. The average Bonchev–Trinajstić information content (AvgIpc) is 2.41. The van der Waals surface area contributed by atoms with Crippen LogP contribution in [0, 0.1) is 11.6 Å². The summed E-state index contributed by atoms with van der Waals surface area (Å²) in [5.74, 6) is -1.65. The minimum atomic E-state index is -0.649. The van der Waals surface area contributed by atoms with Gasteiger partial charge in [-0.05, 0) is 30.3 Å². The number of ether oxygens (including phenoxy) is 1. The second-order valence-corrected chi connectivity index (χ2v) is 5.04. The van der Waals surface area contributed by atoms with Crippen molar-refractivity contribution < 1.29 is 18.3 Å². The molecule has 0 bridgehead atoms. The summed E-state index contributed by atoms with van der Waals surface area (Å²) in [5, 5.41) is 0. The number of carbonyl (C=O) groups is 1. The van der Waals surface area contributed by atoms with Crippen molar-refractivity contribution in [2.75, 3.05) is 12.8 Å². The molecule has 0 radical (unpaired) electrons. The van der Waals surface area contributed by atoms with E-state index in [4.69, 9.17) is 5.73 Å². The third-order valence-electron chi connectivity index (χ3n) is 2.53. The summed E-state index contributed by atoms with van der Waals surface area (Å²) in [6, 6.07) is 8.08. The van der Waals surface area contributed by atoms with Crippen LogP contribution in [0.15, 0.2) is 46.2 Å². The number of esters is 1. The van der Waals surface area contributed by atoms with Gasteiger partial charge in [0.25, 0.3) is 0 Å². The van der Waals surface area contributed by atoms with Crippen LogP contribution in [0.5, 0.6) is 0 Å². The van der Waals surface area contributed by atoms with E-state index in [9.17, 15) is 13.6 Å². The third kappa shape index (κ3) is 3.08. The molecule has 2 aromatic rings. The monoisotopic (exact) mass is 295 g/mol. The zero-order valence-corrected chi connectivity index (χ0v) is 11.3. The molecule has 3 nitrogen and oxygen atoms in total. The molecule has 2 rings (SSSR count). The van der Waals surface area contributed by atoms with Crippen LogP contribution >= 0.6 is 11.8 Å². The summed E-state index contributed by atoms with van der Waals surface area (Å²) in [7, 11) is 1.21. The fourth-order valence-electron chi connectivity index (χ4n) is 1.59. The Kier molecular flexibility index (Phi) is 4.24. The largest absolute Gasteiger partial charge is 0.465 e. The van der Waals surface area contributed by atoms with Crippen LogP contribution in [0.3, 0.4) is 0 Å². The molecule has 0 aliphatic carbocycles. The van der Waals surface area contributed by atoms with E-state index in [-0.39, 0.29) is 16.1 Å². The van der Waals surface area contributed by atoms with Crippen LogP contribution in [-0.4, -0.2) is 13.1 Å². The van der Waals surface area contributed by atoms with Crippen molar-refractivity contribution in [1.29, 1.82) is 0 Å². The lowest BCUT2D eigenvalue weighted by Gasteiger charge is -2.08. The molecule has 0 amide bonds. The maximum Gasteiger partial charge on any atom is 0.339 e. The molecule has 6 heteroatoms. The van der Waals surface area contributed by atoms with Crippen molar-refractivity contribution in [2.24, 2.45) is 0 Å². The molecule has 0 saturated carbocycles. The van der Waals surface area contributed by atoms with Crippen LogP contribution in [-0.2, 0) is 4.74 Å². The molecule has 0 aliphatic heterocycles. The van der Waals surface area contributed by atoms with Gasteiger partial charge in [0, 0.05) is 15.5 Å². The first-order chi connectivity index (χ1) is 9.51. The zero-order valence-electron chi connectivity index (χ0n) is 10.5. The fourth-order valence-corrected chi connectivity index (χ4v) is 2.50. The van der Waals surface area contributed by atoms with E-state index < -0.39 is 17.6 Å². The number of methoxy groups -OCH3 is 1. The SMILES string of the molecule is COC(=O)c1cc(Sc2cccc(F)c2)c(F)cc1N. The van der Waals surface area contributed by atoms with Crippen LogP contribution in [0.1, 0.15) is 10.4 Å². The van der Waals surface area contributed by atoms with Gasteiger partial charge >= 0.3 is 5.97 Å². The Morgan fingerprint density at radius 2 is 2.00 bits per heavy atom. The Labute approximate surface area is 118 Å². The Balaban J connectivity index is 2.39. The van der Waals surface area contributed by atoms with Crippen molar-refractivity contribution in [3.8, 4) is 0 Å². The minimum absolute atomic E-state index is 0.00191. The second-order valence-electron chi connectivity index (χ2n) is 3.92. The van der Waals surface area contributed by atoms with Gasteiger partial charge in [0.15, 0.2) is 0 Å². The fraction of sp³-hybridized carbons (Fsp3) is 0.0714. The van der Waals surface area contributed by atoms with Crippen molar-refractivity contribution in [3.05, 3.63) is 53.6 Å². The van der Waals surface area contributed by atoms with Crippen LogP contribution in [0.25, 0.3) is 0 Å². The Morgan fingerprint density at radius 1 is 1.25 bits per heavy atom. The standard InChI is InChI=1S/C14H11F2NO2S/c1-19-14(18)10-6-13(11(16)7-12(10)17)20-9-4-2-3-8(15)5-9/h2-7H,17H2,1H3. The van der Waals surface area contributed by atoms with E-state index in [1.165, 1.54) is 31.4 Å². The lowest BCUT2D eigenvalue weighted by Crippen LogP contribution is -2.06. The topological polar surface area (TPSA) is 52.3 Å². The normalized spacial score (nSPS) is 10.3. The zero-order chi connectivity index (χ0) is 14.7. The molecule has 0 unspecified atom stereocenters. The van der Waals surface area contributed by atoms with E-state index in [0.29, 0.717) is 4.90 Å². The first kappa shape index (κ1) is 14.3. The molecule has 0 spiro atoms. The second kappa shape index (κ2) is 5.92. The van der Waals surface area contributed by atoms with Gasteiger partial charge in [0.2, 0.25) is 0 Å². The third-order valence-corrected chi connectivity index (χ3v) is 3.56. The van der Waals surface area contributed by atoms with Gasteiger partial charge in [-0.3, -0.25) is 0 Å². The summed E-state index contributed by atoms with van der Waals surface area (Å²) < 4.78 is 31.5. The van der Waals surface area contributed by atoms with E-state index >= 15 is 0 Å². The molecule has 0 fully saturated rings.